The molecule has 0 aliphatic heterocycles. The number of thioether (sulfide) groups is 1. The highest BCUT2D eigenvalue weighted by Crippen LogP contribution is 1.96. The highest BCUT2D eigenvalue weighted by molar-refractivity contribution is 8.13. The molecule has 64 valence electrons. The number of hydroxylamine groups is 1. The van der Waals surface area contributed by atoms with Crippen LogP contribution in [-0.2, 0) is 4.84 Å². The molecule has 11 heavy (non-hydrogen) atoms. The van der Waals surface area contributed by atoms with Gasteiger partial charge < -0.3 is 4.84 Å². The maximum absolute atomic E-state index is 8.33. The van der Waals surface area contributed by atoms with Gasteiger partial charge in [0, 0.05) is 7.05 Å². The van der Waals surface area contributed by atoms with Gasteiger partial charge in [0.15, 0.2) is 0 Å². The molecule has 0 amide bonds. The summed E-state index contributed by atoms with van der Waals surface area (Å²) >= 11 is 1.45. The van der Waals surface area contributed by atoms with Crippen molar-refractivity contribution in [3.63, 3.8) is 0 Å². The summed E-state index contributed by atoms with van der Waals surface area (Å²) < 4.78 is 0. The topological polar surface area (TPSA) is 66.2 Å². The number of oxime groups is 1. The van der Waals surface area contributed by atoms with Crippen molar-refractivity contribution < 1.29 is 10.0 Å². The van der Waals surface area contributed by atoms with Crippen molar-refractivity contribution in [2.45, 2.75) is 6.92 Å². The second-order valence-electron chi connectivity index (χ2n) is 1.55. The summed E-state index contributed by atoms with van der Waals surface area (Å²) in [5.74, 6) is 0. The molecule has 0 spiro atoms. The molecular weight excluding hydrogens is 166 g/mol. The van der Waals surface area contributed by atoms with Crippen LogP contribution < -0.4 is 5.48 Å². The lowest BCUT2D eigenvalue weighted by Gasteiger charge is -1.99. The van der Waals surface area contributed by atoms with Gasteiger partial charge in [0.05, 0.1) is 0 Å². The van der Waals surface area contributed by atoms with Crippen LogP contribution in [0.4, 0.5) is 0 Å². The highest BCUT2D eigenvalue weighted by Gasteiger charge is 1.94. The van der Waals surface area contributed by atoms with Gasteiger partial charge >= 0.3 is 6.02 Å². The largest absolute Gasteiger partial charge is 0.338 e. The molecule has 0 fully saturated rings. The number of amidine groups is 1. The quantitative estimate of drug-likeness (QED) is 0.351. The third-order valence-electron chi connectivity index (χ3n) is 0.855. The first-order chi connectivity index (χ1) is 5.24. The Bertz CT molecular complexity index is 169. The van der Waals surface area contributed by atoms with Crippen LogP contribution in [0.2, 0.25) is 0 Å². The molecule has 6 heteroatoms. The molecule has 0 bridgehead atoms. The lowest BCUT2D eigenvalue weighted by molar-refractivity contribution is 0.180. The van der Waals surface area contributed by atoms with Gasteiger partial charge in [-0.15, -0.1) is 11.8 Å². The van der Waals surface area contributed by atoms with Crippen molar-refractivity contribution in [1.82, 2.24) is 5.48 Å². The summed E-state index contributed by atoms with van der Waals surface area (Å²) in [5, 5.41) is 12.7. The highest BCUT2D eigenvalue weighted by atomic mass is 32.2. The Hall–Kier alpha value is -0.750. The second-order valence-corrected chi connectivity index (χ2v) is 2.55. The van der Waals surface area contributed by atoms with Gasteiger partial charge in [-0.05, 0) is 13.2 Å². The lowest BCUT2D eigenvalue weighted by atomic mass is 10.9. The molecule has 0 aromatic carbocycles. The third-order valence-corrected chi connectivity index (χ3v) is 1.52. The summed E-state index contributed by atoms with van der Waals surface area (Å²) in [6.45, 7) is 1.79. The number of rotatable bonds is 1. The van der Waals surface area contributed by atoms with Crippen LogP contribution in [0.5, 0.6) is 0 Å². The Kier molecular flexibility index (Phi) is 5.58. The lowest BCUT2D eigenvalue weighted by Crippen LogP contribution is -2.20. The van der Waals surface area contributed by atoms with Crippen molar-refractivity contribution in [2.24, 2.45) is 10.1 Å². The second kappa shape index (κ2) is 5.99. The molecule has 0 radical (unpaired) electrons. The minimum absolute atomic E-state index is 0.0293. The van der Waals surface area contributed by atoms with Crippen molar-refractivity contribution in [3.8, 4) is 0 Å². The van der Waals surface area contributed by atoms with E-state index >= 15 is 0 Å². The summed E-state index contributed by atoms with van der Waals surface area (Å²) in [4.78, 5) is 8.18. The maximum Gasteiger partial charge on any atom is 0.338 e. The standard InChI is InChI=1S/C5H11N3O2S/c1-4(11-3)8-10-5(6-2)7-9/h9H,1-3H3,(H,6,7)/b8-4-. The van der Waals surface area contributed by atoms with E-state index in [-0.39, 0.29) is 6.02 Å². The minimum atomic E-state index is -0.0293. The van der Waals surface area contributed by atoms with Gasteiger partial charge in [0.2, 0.25) is 0 Å². The van der Waals surface area contributed by atoms with Crippen molar-refractivity contribution in [3.05, 3.63) is 0 Å². The molecule has 0 unspecified atom stereocenters. The molecular formula is C5H11N3O2S. The summed E-state index contributed by atoms with van der Waals surface area (Å²) in [5.41, 5.74) is 1.74. The van der Waals surface area contributed by atoms with Crippen LogP contribution in [0.15, 0.2) is 10.1 Å². The normalized spacial score (nSPS) is 13.1. The van der Waals surface area contributed by atoms with E-state index in [9.17, 15) is 0 Å². The van der Waals surface area contributed by atoms with Crippen LogP contribution >= 0.6 is 11.8 Å². The molecule has 5 nitrogen and oxygen atoms in total. The number of aliphatic imine (C=N–C) groups is 1. The zero-order chi connectivity index (χ0) is 8.69. The van der Waals surface area contributed by atoms with E-state index < -0.39 is 0 Å². The Morgan fingerprint density at radius 1 is 1.64 bits per heavy atom. The summed E-state index contributed by atoms with van der Waals surface area (Å²) in [7, 11) is 1.47. The van der Waals surface area contributed by atoms with Crippen molar-refractivity contribution in [2.75, 3.05) is 13.3 Å². The van der Waals surface area contributed by atoms with Crippen LogP contribution in [-0.4, -0.2) is 29.6 Å². The SMILES string of the molecule is CN=C(NO)O/N=C(/C)SC. The Balaban J connectivity index is 3.85. The number of nitrogens with one attached hydrogen (secondary N) is 1. The van der Waals surface area contributed by atoms with Gasteiger partial charge in [0.1, 0.15) is 5.04 Å². The fourth-order valence-electron chi connectivity index (χ4n) is 0.256. The first-order valence-corrected chi connectivity index (χ1v) is 4.09. The smallest absolute Gasteiger partial charge is 0.315 e. The molecule has 0 aliphatic carbocycles. The average molecular weight is 177 g/mol. The molecule has 0 heterocycles. The third kappa shape index (κ3) is 4.63. The van der Waals surface area contributed by atoms with Crippen LogP contribution in [0.1, 0.15) is 6.92 Å². The molecule has 0 saturated carbocycles. The first-order valence-electron chi connectivity index (χ1n) is 2.87. The Labute approximate surface area is 69.5 Å². The maximum atomic E-state index is 8.33. The van der Waals surface area contributed by atoms with Gasteiger partial charge in [-0.25, -0.2) is 10.5 Å². The Morgan fingerprint density at radius 2 is 2.27 bits per heavy atom. The zero-order valence-corrected chi connectivity index (χ0v) is 7.47. The molecule has 0 atom stereocenters. The van der Waals surface area contributed by atoms with E-state index in [1.807, 2.05) is 6.26 Å². The molecule has 0 rings (SSSR count). The first kappa shape index (κ1) is 10.2. The zero-order valence-electron chi connectivity index (χ0n) is 6.66. The van der Waals surface area contributed by atoms with E-state index in [1.54, 1.807) is 12.4 Å². The van der Waals surface area contributed by atoms with Crippen molar-refractivity contribution in [1.29, 1.82) is 0 Å². The predicted octanol–water partition coefficient (Wildman–Crippen LogP) is 0.664. The molecule has 0 aliphatic rings. The molecule has 0 saturated heterocycles. The van der Waals surface area contributed by atoms with E-state index in [1.165, 1.54) is 18.8 Å². The number of hydrogen-bond acceptors (Lipinski definition) is 5. The fraction of sp³-hybridized carbons (Fsp3) is 0.600. The fourth-order valence-corrected chi connectivity index (χ4v) is 0.368. The minimum Gasteiger partial charge on any atom is -0.315 e. The van der Waals surface area contributed by atoms with E-state index in [4.69, 9.17) is 5.21 Å². The van der Waals surface area contributed by atoms with Gasteiger partial charge in [0.25, 0.3) is 0 Å². The van der Waals surface area contributed by atoms with Gasteiger partial charge in [-0.3, -0.25) is 5.21 Å². The van der Waals surface area contributed by atoms with Crippen molar-refractivity contribution >= 4 is 22.8 Å². The molecule has 0 aromatic heterocycles. The van der Waals surface area contributed by atoms with Gasteiger partial charge in [-0.2, -0.15) is 0 Å². The summed E-state index contributed by atoms with van der Waals surface area (Å²) in [6, 6.07) is -0.0293. The molecule has 0 aromatic rings. The number of nitrogens with zero attached hydrogens (tertiary/aromatic N) is 2. The van der Waals surface area contributed by atoms with E-state index in [2.05, 4.69) is 15.0 Å². The van der Waals surface area contributed by atoms with Gasteiger partial charge in [-0.1, -0.05) is 5.16 Å². The Morgan fingerprint density at radius 3 is 2.64 bits per heavy atom. The van der Waals surface area contributed by atoms with Crippen LogP contribution in [0.25, 0.3) is 0 Å². The number of hydrogen-bond donors (Lipinski definition) is 2. The predicted molar refractivity (Wildman–Crippen MR) is 46.0 cm³/mol. The van der Waals surface area contributed by atoms with E-state index in [0.29, 0.717) is 0 Å². The van der Waals surface area contributed by atoms with Crippen LogP contribution in [0, 0.1) is 0 Å². The molecule has 2 N–H and O–H groups in total. The monoisotopic (exact) mass is 177 g/mol. The van der Waals surface area contributed by atoms with E-state index in [0.717, 1.165) is 5.04 Å². The summed E-state index contributed by atoms with van der Waals surface area (Å²) in [6.07, 6.45) is 1.87. The van der Waals surface area contributed by atoms with Crippen LogP contribution in [0.3, 0.4) is 0 Å². The average Bonchev–Trinajstić information content (AvgIpc) is 2.06.